The van der Waals surface area contributed by atoms with Crippen LogP contribution in [0.5, 0.6) is 0 Å². The van der Waals surface area contributed by atoms with Gasteiger partial charge in [0.15, 0.2) is 31.5 Å². The van der Waals surface area contributed by atoms with Crippen molar-refractivity contribution in [3.05, 3.63) is 65.8 Å². The zero-order valence-corrected chi connectivity index (χ0v) is 57.2. The number of carbonyl (C=O) groups is 2. The number of methoxy groups -OCH3 is 4. The second-order valence-electron chi connectivity index (χ2n) is 28.3. The van der Waals surface area contributed by atoms with Crippen molar-refractivity contribution in [2.24, 2.45) is 16.7 Å². The quantitative estimate of drug-likeness (QED) is 0.0484. The maximum Gasteiger partial charge on any atom is 0.333 e. The second kappa shape index (κ2) is 29.8. The minimum atomic E-state index is -2.18. The summed E-state index contributed by atoms with van der Waals surface area (Å²) in [4.78, 5) is 27.2. The molecule has 10 rings (SSSR count). The Morgan fingerprint density at radius 1 is 0.635 bits per heavy atom. The fourth-order valence-electron chi connectivity index (χ4n) is 17.1. The number of carbonyl (C=O) groups excluding carboxylic acids is 2. The third-order valence-electron chi connectivity index (χ3n) is 23.2. The summed E-state index contributed by atoms with van der Waals surface area (Å²) >= 11 is 0. The van der Waals surface area contributed by atoms with Crippen LogP contribution in [0.3, 0.4) is 0 Å². The van der Waals surface area contributed by atoms with Crippen molar-refractivity contribution < 1.29 is 131 Å². The normalized spacial score (nSPS) is 48.5. The van der Waals surface area contributed by atoms with Gasteiger partial charge in [-0.15, -0.1) is 0 Å². The molecule has 542 valence electrons. The molecule has 96 heavy (non-hydrogen) atoms. The fraction of sp³-hybridized carbons (Fsp3) is 0.797. The summed E-state index contributed by atoms with van der Waals surface area (Å²) in [6, 6.07) is 9.15. The minimum Gasteiger partial charge on any atom is -0.458 e. The Morgan fingerprint density at radius 3 is 1.73 bits per heavy atom. The highest BCUT2D eigenvalue weighted by Gasteiger charge is 2.82. The van der Waals surface area contributed by atoms with Gasteiger partial charge >= 0.3 is 11.9 Å². The van der Waals surface area contributed by atoms with Crippen LogP contribution in [0.4, 0.5) is 0 Å². The number of aliphatic hydroxyl groups excluding tert-OH is 5. The van der Waals surface area contributed by atoms with Crippen molar-refractivity contribution >= 4 is 18.0 Å². The maximum absolute atomic E-state index is 14.0. The Hall–Kier alpha value is -3.54. The van der Waals surface area contributed by atoms with Crippen LogP contribution in [0, 0.1) is 16.7 Å². The number of benzene rings is 1. The molecular weight excluding hydrogens is 1260 g/mol. The lowest BCUT2D eigenvalue weighted by molar-refractivity contribution is -0.374. The third kappa shape index (κ3) is 13.6. The molecule has 0 bridgehead atoms. The van der Waals surface area contributed by atoms with Crippen molar-refractivity contribution in [2.45, 2.75) is 296 Å². The van der Waals surface area contributed by atoms with Gasteiger partial charge in [0.1, 0.15) is 90.1 Å². The Bertz CT molecular complexity index is 2880. The third-order valence-corrected chi connectivity index (χ3v) is 23.2. The van der Waals surface area contributed by atoms with E-state index in [4.69, 9.17) is 75.8 Å². The number of ether oxygens (including phenoxy) is 16. The van der Waals surface area contributed by atoms with Crippen LogP contribution in [0.15, 0.2) is 60.2 Å². The van der Waals surface area contributed by atoms with E-state index in [-0.39, 0.29) is 44.9 Å². The highest BCUT2D eigenvalue weighted by molar-refractivity contribution is 5.88. The van der Waals surface area contributed by atoms with Gasteiger partial charge < -0.3 is 122 Å². The first-order chi connectivity index (χ1) is 45.4. The number of rotatable bonds is 21. The van der Waals surface area contributed by atoms with Gasteiger partial charge in [0.25, 0.3) is 0 Å². The number of hydrogen-bond donors (Lipinski definition) is 9. The lowest BCUT2D eigenvalue weighted by atomic mass is 9.41. The lowest BCUT2D eigenvalue weighted by Crippen LogP contribution is -2.80. The first-order valence-electron chi connectivity index (χ1n) is 33.8. The molecule has 9 N–H and O–H groups in total. The van der Waals surface area contributed by atoms with Gasteiger partial charge in [-0.1, -0.05) is 62.4 Å². The molecule has 9 aliphatic rings. The van der Waals surface area contributed by atoms with Gasteiger partial charge in [0, 0.05) is 77.1 Å². The summed E-state index contributed by atoms with van der Waals surface area (Å²) in [5.41, 5.74) is -9.81. The molecule has 0 radical (unpaired) electrons. The number of aliphatic hydroxyl groups is 9. The summed E-state index contributed by atoms with van der Waals surface area (Å²) in [6.45, 7) is 14.7. The standard InChI is InChI=1S/C69H104O27/c1-14-34(2)61(76)89-39(7)67(78)26-27-69(80)65(67,9)47(92-48(71)21-20-40-18-16-15-17-19-40)31-46-64(8)23-22-41(32-66(64,77)24-25-68(46,69)79)90-49-28-42(81-10)56(35(3)85-49)93-50-29-43(82-11)57(36(4)86-50)94-51-30-44(83-12)58(37(5)87-51)95-63-55(75)60(84-13)59(38(6)88-63)96-62-54(74)53(73)52(72)45(33-70)91-62/h14-21,24-25,35-39,41-47,49-60,62-63,70,72-75,77-80H,22-23,26-33H2,1-13H3/b21-20+,34-14+/t35-,36-,37-,38-,39?,41+,42+,43+,44-,45-,46-,47-,49+,50+,51+,52-,53+,54-,55-,56-,57-,58-,59-,60-,62+,63+,64-,65-,66-,67-,68+,69-/m1/s1. The summed E-state index contributed by atoms with van der Waals surface area (Å²) in [5, 5.41) is 105. The molecule has 0 aromatic heterocycles. The van der Waals surface area contributed by atoms with Gasteiger partial charge in [-0.3, -0.25) is 0 Å². The molecule has 32 atom stereocenters. The van der Waals surface area contributed by atoms with E-state index >= 15 is 0 Å². The average Bonchev–Trinajstić information content (AvgIpc) is 1.33. The van der Waals surface area contributed by atoms with E-state index in [0.29, 0.717) is 18.4 Å². The van der Waals surface area contributed by atoms with Crippen LogP contribution in [-0.2, 0) is 85.4 Å². The van der Waals surface area contributed by atoms with E-state index in [1.165, 1.54) is 33.3 Å². The Morgan fingerprint density at radius 2 is 1.18 bits per heavy atom. The molecule has 5 heterocycles. The van der Waals surface area contributed by atoms with Gasteiger partial charge in [0.05, 0.1) is 66.5 Å². The van der Waals surface area contributed by atoms with Gasteiger partial charge in [-0.2, -0.15) is 0 Å². The number of fused-ring (bicyclic) bond motifs is 5. The molecule has 1 unspecified atom stereocenters. The van der Waals surface area contributed by atoms with E-state index in [1.807, 2.05) is 51.1 Å². The predicted molar refractivity (Wildman–Crippen MR) is 335 cm³/mol. The smallest absolute Gasteiger partial charge is 0.333 e. The van der Waals surface area contributed by atoms with E-state index in [9.17, 15) is 55.5 Å². The highest BCUT2D eigenvalue weighted by Crippen LogP contribution is 2.72. The first-order valence-corrected chi connectivity index (χ1v) is 33.8. The molecule has 4 aliphatic carbocycles. The molecule has 1 aromatic rings. The zero-order valence-electron chi connectivity index (χ0n) is 57.2. The monoisotopic (exact) mass is 1360 g/mol. The SMILES string of the molecule is C/C=C(\C)C(=O)OC(C)[C@]1(O)CC[C@@]2(O)[C@]1(C)[C@H](OC(=O)/C=C/c1ccccc1)C[C@H]1[C@@]2(O)C=C[C@@]2(O)C[C@@H](O[C@H]3C[C@H](OC)[C@H](O[C@H]4C[C@H](OC)[C@H](O[C@H]5C[C@@H](OC)[C@H](O[C@@H]6O[C@H](C)[C@@H](O[C@@H]7O[C@H](CO)[C@@H](O)[C@H](O)[C@H]7O)[C@H](OC)[C@H]6O)[C@@H](C)O5)[C@@H](C)O4)[C@@H](C)O3)CC[C@]12C. The Kier molecular flexibility index (Phi) is 23.3. The summed E-state index contributed by atoms with van der Waals surface area (Å²) in [6.07, 6.45) is -15.9. The molecule has 5 saturated heterocycles. The van der Waals surface area contributed by atoms with Crippen LogP contribution in [0.25, 0.3) is 6.08 Å². The molecular formula is C69H104O27. The number of hydrogen-bond acceptors (Lipinski definition) is 27. The molecule has 27 nitrogen and oxygen atoms in total. The minimum absolute atomic E-state index is 0.0760. The van der Waals surface area contributed by atoms with Crippen molar-refractivity contribution in [1.82, 2.24) is 0 Å². The maximum atomic E-state index is 14.0. The van der Waals surface area contributed by atoms with E-state index in [1.54, 1.807) is 67.1 Å². The van der Waals surface area contributed by atoms with Crippen LogP contribution in [0.1, 0.15) is 126 Å². The zero-order chi connectivity index (χ0) is 69.8. The summed E-state index contributed by atoms with van der Waals surface area (Å²) < 4.78 is 99.6. The van der Waals surface area contributed by atoms with Crippen LogP contribution in [0.2, 0.25) is 0 Å². The Labute approximate surface area is 561 Å². The average molecular weight is 1370 g/mol. The predicted octanol–water partition coefficient (Wildman–Crippen LogP) is 2.31. The van der Waals surface area contributed by atoms with Crippen LogP contribution < -0.4 is 0 Å². The number of allylic oxidation sites excluding steroid dienone is 1. The molecule has 1 aromatic carbocycles. The topological polar surface area (TPSA) is 364 Å². The summed E-state index contributed by atoms with van der Waals surface area (Å²) in [7, 11) is 6.03. The van der Waals surface area contributed by atoms with Gasteiger partial charge in [-0.05, 0) is 92.2 Å². The van der Waals surface area contributed by atoms with E-state index in [0.717, 1.165) is 5.56 Å². The van der Waals surface area contributed by atoms with E-state index < -0.39 is 211 Å². The van der Waals surface area contributed by atoms with E-state index in [2.05, 4.69) is 0 Å². The fourth-order valence-corrected chi connectivity index (χ4v) is 17.1. The second-order valence-corrected chi connectivity index (χ2v) is 28.3. The Balaban J connectivity index is 0.753. The van der Waals surface area contributed by atoms with Crippen LogP contribution in [-0.4, -0.2) is 269 Å². The molecule has 0 spiro atoms. The van der Waals surface area contributed by atoms with Crippen molar-refractivity contribution in [1.29, 1.82) is 0 Å². The van der Waals surface area contributed by atoms with Crippen molar-refractivity contribution in [3.8, 4) is 0 Å². The first kappa shape index (κ1) is 75.1. The highest BCUT2D eigenvalue weighted by atomic mass is 16.8. The number of esters is 2. The molecule has 5 aliphatic heterocycles. The van der Waals surface area contributed by atoms with Crippen LogP contribution >= 0.6 is 0 Å². The van der Waals surface area contributed by atoms with Crippen molar-refractivity contribution in [2.75, 3.05) is 35.0 Å². The molecule has 0 amide bonds. The molecule has 3 saturated carbocycles. The summed E-state index contributed by atoms with van der Waals surface area (Å²) in [5.74, 6) is -2.35. The molecule has 27 heteroatoms. The molecule has 8 fully saturated rings. The van der Waals surface area contributed by atoms with Gasteiger partial charge in [0.2, 0.25) is 0 Å². The van der Waals surface area contributed by atoms with Crippen molar-refractivity contribution in [3.63, 3.8) is 0 Å². The largest absolute Gasteiger partial charge is 0.458 e. The lowest BCUT2D eigenvalue weighted by Gasteiger charge is -2.68. The van der Waals surface area contributed by atoms with Gasteiger partial charge in [-0.25, -0.2) is 9.59 Å².